The third kappa shape index (κ3) is 3.55. The lowest BCUT2D eigenvalue weighted by atomic mass is 10.1. The number of hydrogen-bond acceptors (Lipinski definition) is 5. The van der Waals surface area contributed by atoms with Gasteiger partial charge in [0.05, 0.1) is 29.3 Å². The highest BCUT2D eigenvalue weighted by Crippen LogP contribution is 2.37. The Kier molecular flexibility index (Phi) is 5.11. The van der Waals surface area contributed by atoms with E-state index in [0.29, 0.717) is 32.1 Å². The third-order valence-corrected chi connectivity index (χ3v) is 4.40. The standard InChI is InChI=1S/C18H13BrClNO4/c1-23-15-9-10(7-12(19)16(15)24-2)8-14-18(22)25-17(21-14)11-5-3-4-6-13(11)20/h3-9H,1-2H3/b14-8+. The molecule has 0 aromatic heterocycles. The van der Waals surface area contributed by atoms with E-state index in [4.69, 9.17) is 25.8 Å². The van der Waals surface area contributed by atoms with Gasteiger partial charge < -0.3 is 14.2 Å². The fourth-order valence-electron chi connectivity index (χ4n) is 2.34. The van der Waals surface area contributed by atoms with Gasteiger partial charge in [0.15, 0.2) is 17.2 Å². The number of aliphatic imine (C=N–C) groups is 1. The molecule has 1 aliphatic heterocycles. The third-order valence-electron chi connectivity index (χ3n) is 3.48. The fourth-order valence-corrected chi connectivity index (χ4v) is 3.18. The van der Waals surface area contributed by atoms with Crippen LogP contribution in [0.2, 0.25) is 5.02 Å². The highest BCUT2D eigenvalue weighted by atomic mass is 79.9. The minimum absolute atomic E-state index is 0.175. The van der Waals surface area contributed by atoms with E-state index in [2.05, 4.69) is 20.9 Å². The largest absolute Gasteiger partial charge is 0.493 e. The van der Waals surface area contributed by atoms with E-state index in [1.165, 1.54) is 0 Å². The molecule has 5 nitrogen and oxygen atoms in total. The number of esters is 1. The van der Waals surface area contributed by atoms with Crippen LogP contribution in [0, 0.1) is 0 Å². The van der Waals surface area contributed by atoms with Crippen LogP contribution in [0.5, 0.6) is 11.5 Å². The van der Waals surface area contributed by atoms with Crippen molar-refractivity contribution in [2.75, 3.05) is 14.2 Å². The van der Waals surface area contributed by atoms with E-state index in [-0.39, 0.29) is 11.6 Å². The SMILES string of the molecule is COc1cc(/C=C2/N=C(c3ccccc3Cl)OC2=O)cc(Br)c1OC. The van der Waals surface area contributed by atoms with Crippen molar-refractivity contribution in [3.8, 4) is 11.5 Å². The molecule has 0 saturated heterocycles. The molecule has 25 heavy (non-hydrogen) atoms. The molecule has 0 N–H and O–H groups in total. The molecule has 0 fully saturated rings. The van der Waals surface area contributed by atoms with Gasteiger partial charge in [0.2, 0.25) is 5.90 Å². The zero-order chi connectivity index (χ0) is 18.0. The minimum Gasteiger partial charge on any atom is -0.493 e. The molecule has 1 heterocycles. The van der Waals surface area contributed by atoms with Gasteiger partial charge in [-0.3, -0.25) is 0 Å². The van der Waals surface area contributed by atoms with Gasteiger partial charge in [-0.1, -0.05) is 23.7 Å². The van der Waals surface area contributed by atoms with Crippen molar-refractivity contribution < 1.29 is 19.0 Å². The molecule has 0 bridgehead atoms. The van der Waals surface area contributed by atoms with Gasteiger partial charge in [0, 0.05) is 0 Å². The first-order valence-corrected chi connectivity index (χ1v) is 8.39. The summed E-state index contributed by atoms with van der Waals surface area (Å²) in [6.07, 6.45) is 1.61. The Labute approximate surface area is 158 Å². The smallest absolute Gasteiger partial charge is 0.363 e. The lowest BCUT2D eigenvalue weighted by Crippen LogP contribution is -2.05. The van der Waals surface area contributed by atoms with Crippen LogP contribution in [0.25, 0.3) is 6.08 Å². The Balaban J connectivity index is 2.00. The molecule has 2 aromatic rings. The van der Waals surface area contributed by atoms with Crippen molar-refractivity contribution >= 4 is 45.5 Å². The molecule has 0 unspecified atom stereocenters. The maximum atomic E-state index is 12.1. The summed E-state index contributed by atoms with van der Waals surface area (Å²) in [4.78, 5) is 16.4. The van der Waals surface area contributed by atoms with Gasteiger partial charge in [-0.2, -0.15) is 0 Å². The summed E-state index contributed by atoms with van der Waals surface area (Å²) in [6, 6.07) is 10.6. The van der Waals surface area contributed by atoms with Gasteiger partial charge >= 0.3 is 5.97 Å². The second-order valence-electron chi connectivity index (χ2n) is 5.05. The van der Waals surface area contributed by atoms with Crippen molar-refractivity contribution in [2.45, 2.75) is 0 Å². The summed E-state index contributed by atoms with van der Waals surface area (Å²) in [6.45, 7) is 0. The Morgan fingerprint density at radius 3 is 2.64 bits per heavy atom. The van der Waals surface area contributed by atoms with Crippen molar-refractivity contribution in [2.24, 2.45) is 4.99 Å². The molecule has 2 aromatic carbocycles. The van der Waals surface area contributed by atoms with E-state index in [9.17, 15) is 4.79 Å². The number of benzene rings is 2. The number of methoxy groups -OCH3 is 2. The number of carbonyl (C=O) groups is 1. The van der Waals surface area contributed by atoms with Gasteiger partial charge in [0.1, 0.15) is 0 Å². The fraction of sp³-hybridized carbons (Fsp3) is 0.111. The molecule has 0 spiro atoms. The van der Waals surface area contributed by atoms with Crippen molar-refractivity contribution in [3.05, 3.63) is 62.7 Å². The predicted molar refractivity (Wildman–Crippen MR) is 99.3 cm³/mol. The second kappa shape index (κ2) is 7.29. The van der Waals surface area contributed by atoms with Crippen molar-refractivity contribution in [1.29, 1.82) is 0 Å². The van der Waals surface area contributed by atoms with Gasteiger partial charge in [-0.25, -0.2) is 9.79 Å². The van der Waals surface area contributed by atoms with Crippen LogP contribution in [-0.2, 0) is 9.53 Å². The van der Waals surface area contributed by atoms with Crippen LogP contribution in [-0.4, -0.2) is 26.1 Å². The number of cyclic esters (lactones) is 1. The van der Waals surface area contributed by atoms with Crippen LogP contribution < -0.4 is 9.47 Å². The van der Waals surface area contributed by atoms with E-state index >= 15 is 0 Å². The second-order valence-corrected chi connectivity index (χ2v) is 6.32. The molecular weight excluding hydrogens is 410 g/mol. The lowest BCUT2D eigenvalue weighted by Gasteiger charge is -2.10. The van der Waals surface area contributed by atoms with Gasteiger partial charge in [0.25, 0.3) is 0 Å². The average Bonchev–Trinajstić information content (AvgIpc) is 2.95. The van der Waals surface area contributed by atoms with Crippen molar-refractivity contribution in [3.63, 3.8) is 0 Å². The minimum atomic E-state index is -0.541. The summed E-state index contributed by atoms with van der Waals surface area (Å²) < 4.78 is 16.5. The monoisotopic (exact) mass is 421 g/mol. The van der Waals surface area contributed by atoms with E-state index in [1.807, 2.05) is 0 Å². The van der Waals surface area contributed by atoms with E-state index < -0.39 is 5.97 Å². The Bertz CT molecular complexity index is 908. The van der Waals surface area contributed by atoms with E-state index in [0.717, 1.165) is 0 Å². The first-order chi connectivity index (χ1) is 12.0. The zero-order valence-corrected chi connectivity index (χ0v) is 15.7. The van der Waals surface area contributed by atoms with Crippen molar-refractivity contribution in [1.82, 2.24) is 0 Å². The zero-order valence-electron chi connectivity index (χ0n) is 13.4. The maximum absolute atomic E-state index is 12.1. The molecule has 7 heteroatoms. The Morgan fingerprint density at radius 2 is 1.96 bits per heavy atom. The molecule has 0 amide bonds. The normalized spacial score (nSPS) is 15.1. The Hall–Kier alpha value is -2.31. The molecule has 3 rings (SSSR count). The number of halogens is 2. The average molecular weight is 423 g/mol. The van der Waals surface area contributed by atoms with Crippen LogP contribution in [0.3, 0.4) is 0 Å². The summed E-state index contributed by atoms with van der Waals surface area (Å²) >= 11 is 9.54. The summed E-state index contributed by atoms with van der Waals surface area (Å²) in [5.74, 6) is 0.742. The predicted octanol–water partition coefficient (Wildman–Crippen LogP) is 4.46. The number of hydrogen-bond donors (Lipinski definition) is 0. The summed E-state index contributed by atoms with van der Waals surface area (Å²) in [7, 11) is 3.09. The maximum Gasteiger partial charge on any atom is 0.363 e. The molecule has 0 radical (unpaired) electrons. The summed E-state index contributed by atoms with van der Waals surface area (Å²) in [5, 5.41) is 0.462. The number of carbonyl (C=O) groups excluding carboxylic acids is 1. The molecule has 0 atom stereocenters. The number of ether oxygens (including phenoxy) is 3. The first kappa shape index (κ1) is 17.5. The topological polar surface area (TPSA) is 57.1 Å². The van der Waals surface area contributed by atoms with E-state index in [1.54, 1.807) is 56.7 Å². The molecule has 128 valence electrons. The van der Waals surface area contributed by atoms with Crippen LogP contribution in [0.4, 0.5) is 0 Å². The molecular formula is C18H13BrClNO4. The van der Waals surface area contributed by atoms with Gasteiger partial charge in [-0.05, 0) is 51.8 Å². The highest BCUT2D eigenvalue weighted by Gasteiger charge is 2.25. The lowest BCUT2D eigenvalue weighted by molar-refractivity contribution is -0.129. The first-order valence-electron chi connectivity index (χ1n) is 7.22. The van der Waals surface area contributed by atoms with Gasteiger partial charge in [-0.15, -0.1) is 0 Å². The molecule has 1 aliphatic rings. The number of rotatable bonds is 4. The highest BCUT2D eigenvalue weighted by molar-refractivity contribution is 9.10. The summed E-state index contributed by atoms with van der Waals surface area (Å²) in [5.41, 5.74) is 1.45. The van der Waals surface area contributed by atoms with Crippen LogP contribution in [0.15, 0.2) is 51.6 Å². The number of nitrogens with zero attached hydrogens (tertiary/aromatic N) is 1. The quantitative estimate of drug-likeness (QED) is 0.539. The van der Waals surface area contributed by atoms with Crippen LogP contribution >= 0.6 is 27.5 Å². The van der Waals surface area contributed by atoms with Crippen LogP contribution in [0.1, 0.15) is 11.1 Å². The Morgan fingerprint density at radius 1 is 1.20 bits per heavy atom. The molecule has 0 aliphatic carbocycles. The molecule has 0 saturated carbocycles.